The van der Waals surface area contributed by atoms with Gasteiger partial charge in [-0.2, -0.15) is 0 Å². The van der Waals surface area contributed by atoms with E-state index in [9.17, 15) is 14.4 Å². The average Bonchev–Trinajstić information content (AvgIpc) is 3.05. The van der Waals surface area contributed by atoms with Crippen molar-refractivity contribution in [1.29, 1.82) is 0 Å². The maximum absolute atomic E-state index is 12.7. The van der Waals surface area contributed by atoms with Gasteiger partial charge in [0.05, 0.1) is 19.1 Å². The number of nitrogens with one attached hydrogen (secondary N) is 2. The van der Waals surface area contributed by atoms with Crippen LogP contribution in [0.5, 0.6) is 11.5 Å². The summed E-state index contributed by atoms with van der Waals surface area (Å²) in [5.74, 6) is -0.336. The van der Waals surface area contributed by atoms with E-state index < -0.39 is 17.7 Å². The number of hydrazine groups is 1. The Balaban J connectivity index is 1.63. The Kier molecular flexibility index (Phi) is 7.27. The van der Waals surface area contributed by atoms with Gasteiger partial charge in [0.15, 0.2) is 11.5 Å². The van der Waals surface area contributed by atoms with Crippen molar-refractivity contribution in [1.82, 2.24) is 15.8 Å². The number of thiocarbonyl (C=S) groups is 1. The lowest BCUT2D eigenvalue weighted by Crippen LogP contribution is -2.47. The van der Waals surface area contributed by atoms with Crippen molar-refractivity contribution in [2.24, 2.45) is 0 Å². The molecule has 0 radical (unpaired) electrons. The highest BCUT2D eigenvalue weighted by Gasteiger charge is 2.33. The SMILES string of the molecule is COc1ccc(/C=C2\SC(=S)N(CC(=O)NNC(=O)c3ccccc3)C2=O)cc1OC. The van der Waals surface area contributed by atoms with Gasteiger partial charge < -0.3 is 9.47 Å². The Hall–Kier alpha value is -3.37. The van der Waals surface area contributed by atoms with Gasteiger partial charge >= 0.3 is 0 Å². The van der Waals surface area contributed by atoms with Gasteiger partial charge in [-0.1, -0.05) is 48.2 Å². The summed E-state index contributed by atoms with van der Waals surface area (Å²) in [5, 5.41) is 0. The molecular weight excluding hydrogens is 438 g/mol. The smallest absolute Gasteiger partial charge is 0.269 e. The van der Waals surface area contributed by atoms with Crippen molar-refractivity contribution in [2.45, 2.75) is 0 Å². The molecule has 3 amide bonds. The lowest BCUT2D eigenvalue weighted by molar-refractivity contribution is -0.129. The number of thioether (sulfide) groups is 1. The molecule has 1 aliphatic rings. The van der Waals surface area contributed by atoms with E-state index in [-0.39, 0.29) is 10.9 Å². The average molecular weight is 458 g/mol. The van der Waals surface area contributed by atoms with E-state index in [0.29, 0.717) is 22.0 Å². The molecule has 3 rings (SSSR count). The van der Waals surface area contributed by atoms with Crippen LogP contribution in [-0.2, 0) is 9.59 Å². The van der Waals surface area contributed by atoms with Crippen LogP contribution in [0.2, 0.25) is 0 Å². The lowest BCUT2D eigenvalue weighted by atomic mass is 10.2. The van der Waals surface area contributed by atoms with Gasteiger partial charge in [-0.15, -0.1) is 0 Å². The second-order valence-corrected chi connectivity index (χ2v) is 7.93. The van der Waals surface area contributed by atoms with E-state index in [0.717, 1.165) is 17.3 Å². The fourth-order valence-electron chi connectivity index (χ4n) is 2.70. The summed E-state index contributed by atoms with van der Waals surface area (Å²) in [4.78, 5) is 38.5. The maximum atomic E-state index is 12.7. The number of hydrogen-bond donors (Lipinski definition) is 2. The van der Waals surface area contributed by atoms with E-state index in [1.165, 1.54) is 19.1 Å². The Morgan fingerprint density at radius 1 is 1.06 bits per heavy atom. The van der Waals surface area contributed by atoms with Crippen LogP contribution in [-0.4, -0.2) is 47.7 Å². The zero-order valence-electron chi connectivity index (χ0n) is 16.7. The summed E-state index contributed by atoms with van der Waals surface area (Å²) in [6.07, 6.45) is 1.66. The van der Waals surface area contributed by atoms with Gasteiger partial charge in [0, 0.05) is 5.56 Å². The van der Waals surface area contributed by atoms with E-state index in [1.54, 1.807) is 54.6 Å². The van der Waals surface area contributed by atoms with E-state index in [1.807, 2.05) is 0 Å². The molecule has 0 spiro atoms. The second-order valence-electron chi connectivity index (χ2n) is 6.25. The number of carbonyl (C=O) groups excluding carboxylic acids is 3. The fourth-order valence-corrected chi connectivity index (χ4v) is 3.96. The monoisotopic (exact) mass is 457 g/mol. The molecule has 0 aliphatic carbocycles. The molecule has 8 nitrogen and oxygen atoms in total. The number of carbonyl (C=O) groups is 3. The molecule has 2 N–H and O–H groups in total. The van der Waals surface area contributed by atoms with Crippen molar-refractivity contribution >= 4 is 52.1 Å². The first-order chi connectivity index (χ1) is 14.9. The van der Waals surface area contributed by atoms with E-state index in [2.05, 4.69) is 10.9 Å². The molecule has 0 atom stereocenters. The molecule has 2 aromatic carbocycles. The van der Waals surface area contributed by atoms with Crippen LogP contribution in [0.15, 0.2) is 53.4 Å². The second kappa shape index (κ2) is 10.1. The Morgan fingerprint density at radius 2 is 1.77 bits per heavy atom. The Labute approximate surface area is 188 Å². The number of ether oxygens (including phenoxy) is 2. The summed E-state index contributed by atoms with van der Waals surface area (Å²) >= 11 is 6.34. The van der Waals surface area contributed by atoms with Crippen molar-refractivity contribution in [3.05, 3.63) is 64.6 Å². The van der Waals surface area contributed by atoms with Gasteiger partial charge in [0.1, 0.15) is 10.9 Å². The first-order valence-electron chi connectivity index (χ1n) is 9.04. The summed E-state index contributed by atoms with van der Waals surface area (Å²) in [5.41, 5.74) is 5.71. The minimum atomic E-state index is -0.576. The Morgan fingerprint density at radius 3 is 2.45 bits per heavy atom. The van der Waals surface area contributed by atoms with Gasteiger partial charge in [-0.25, -0.2) is 0 Å². The van der Waals surface area contributed by atoms with Crippen LogP contribution in [0.4, 0.5) is 0 Å². The quantitative estimate of drug-likeness (QED) is 0.391. The number of nitrogens with zero attached hydrogens (tertiary/aromatic N) is 1. The van der Waals surface area contributed by atoms with Crippen LogP contribution in [0.25, 0.3) is 6.08 Å². The molecule has 0 saturated carbocycles. The molecule has 160 valence electrons. The van der Waals surface area contributed by atoms with Gasteiger partial charge in [0.2, 0.25) is 0 Å². The number of amides is 3. The van der Waals surface area contributed by atoms with Crippen LogP contribution in [0, 0.1) is 0 Å². The highest BCUT2D eigenvalue weighted by atomic mass is 32.2. The summed E-state index contributed by atoms with van der Waals surface area (Å²) in [6.45, 7) is -0.316. The molecule has 2 aromatic rings. The standard InChI is InChI=1S/C21H19N3O5S2/c1-28-15-9-8-13(10-16(15)29-2)11-17-20(27)24(21(30)31-17)12-18(25)22-23-19(26)14-6-4-3-5-7-14/h3-11H,12H2,1-2H3,(H,22,25)(H,23,26)/b17-11-. The molecule has 31 heavy (non-hydrogen) atoms. The summed E-state index contributed by atoms with van der Waals surface area (Å²) < 4.78 is 10.7. The third-order valence-electron chi connectivity index (χ3n) is 4.23. The van der Waals surface area contributed by atoms with Gasteiger partial charge in [0.25, 0.3) is 17.7 Å². The minimum Gasteiger partial charge on any atom is -0.493 e. The van der Waals surface area contributed by atoms with E-state index >= 15 is 0 Å². The minimum absolute atomic E-state index is 0.251. The molecule has 1 heterocycles. The predicted octanol–water partition coefficient (Wildman–Crippen LogP) is 2.37. The van der Waals surface area contributed by atoms with Crippen molar-refractivity contribution in [2.75, 3.05) is 20.8 Å². The molecule has 0 bridgehead atoms. The molecule has 1 aliphatic heterocycles. The van der Waals surface area contributed by atoms with Crippen LogP contribution in [0.1, 0.15) is 15.9 Å². The molecular formula is C21H19N3O5S2. The number of rotatable bonds is 6. The normalized spacial score (nSPS) is 14.5. The third-order valence-corrected chi connectivity index (χ3v) is 5.61. The first-order valence-corrected chi connectivity index (χ1v) is 10.3. The van der Waals surface area contributed by atoms with Crippen LogP contribution in [0.3, 0.4) is 0 Å². The summed E-state index contributed by atoms with van der Waals surface area (Å²) in [7, 11) is 3.06. The lowest BCUT2D eigenvalue weighted by Gasteiger charge is -2.14. The third kappa shape index (κ3) is 5.41. The van der Waals surface area contributed by atoms with Crippen molar-refractivity contribution in [3.63, 3.8) is 0 Å². The molecule has 1 fully saturated rings. The molecule has 1 saturated heterocycles. The van der Waals surface area contributed by atoms with Crippen LogP contribution < -0.4 is 20.3 Å². The largest absolute Gasteiger partial charge is 0.493 e. The fraction of sp³-hybridized carbons (Fsp3) is 0.143. The molecule has 10 heteroatoms. The highest BCUT2D eigenvalue weighted by molar-refractivity contribution is 8.26. The predicted molar refractivity (Wildman–Crippen MR) is 121 cm³/mol. The summed E-state index contributed by atoms with van der Waals surface area (Å²) in [6, 6.07) is 13.7. The van der Waals surface area contributed by atoms with Crippen molar-refractivity contribution in [3.8, 4) is 11.5 Å². The number of methoxy groups -OCH3 is 2. The van der Waals surface area contributed by atoms with Crippen LogP contribution >= 0.6 is 24.0 Å². The number of hydrogen-bond acceptors (Lipinski definition) is 7. The van der Waals surface area contributed by atoms with Crippen molar-refractivity contribution < 1.29 is 23.9 Å². The zero-order chi connectivity index (χ0) is 22.4. The molecule has 0 aromatic heterocycles. The maximum Gasteiger partial charge on any atom is 0.269 e. The zero-order valence-corrected chi connectivity index (χ0v) is 18.3. The highest BCUT2D eigenvalue weighted by Crippen LogP contribution is 2.34. The molecule has 0 unspecified atom stereocenters. The number of benzene rings is 2. The van der Waals surface area contributed by atoms with Gasteiger partial charge in [-0.3, -0.25) is 30.1 Å². The van der Waals surface area contributed by atoms with Gasteiger partial charge in [-0.05, 0) is 35.9 Å². The first kappa shape index (κ1) is 22.3. The topological polar surface area (TPSA) is 97.0 Å². The van der Waals surface area contributed by atoms with E-state index in [4.69, 9.17) is 21.7 Å². The Bertz CT molecular complexity index is 1060.